The summed E-state index contributed by atoms with van der Waals surface area (Å²) in [6, 6.07) is 6.33. The van der Waals surface area contributed by atoms with E-state index >= 15 is 0 Å². The summed E-state index contributed by atoms with van der Waals surface area (Å²) in [5.41, 5.74) is -0.223. The number of hydrogen-bond donors (Lipinski definition) is 0. The highest BCUT2D eigenvalue weighted by molar-refractivity contribution is 7.89. The molecule has 3 aliphatic heterocycles. The molecule has 2 atom stereocenters. The maximum Gasteiger partial charge on any atom is 0.243 e. The highest BCUT2D eigenvalue weighted by atomic mass is 35.5. The number of rotatable bonds is 4. The Morgan fingerprint density at radius 3 is 2.34 bits per heavy atom. The lowest BCUT2D eigenvalue weighted by molar-refractivity contribution is -0.133. The van der Waals surface area contributed by atoms with Crippen LogP contribution in [0.1, 0.15) is 26.7 Å². The maximum atomic E-state index is 13.0. The predicted octanol–water partition coefficient (Wildman–Crippen LogP) is 2.54. The van der Waals surface area contributed by atoms with Crippen LogP contribution in [0, 0.1) is 17.8 Å². The van der Waals surface area contributed by atoms with E-state index in [0.717, 1.165) is 19.6 Å². The van der Waals surface area contributed by atoms with E-state index in [1.54, 1.807) is 28.6 Å². The van der Waals surface area contributed by atoms with Crippen molar-refractivity contribution in [3.63, 3.8) is 0 Å². The van der Waals surface area contributed by atoms with Gasteiger partial charge >= 0.3 is 0 Å². The van der Waals surface area contributed by atoms with Gasteiger partial charge in [-0.2, -0.15) is 4.31 Å². The molecule has 4 rings (SSSR count). The maximum absolute atomic E-state index is 13.0. The molecule has 1 aromatic carbocycles. The van der Waals surface area contributed by atoms with Crippen LogP contribution >= 0.6 is 11.6 Å². The van der Waals surface area contributed by atoms with Crippen molar-refractivity contribution in [2.75, 3.05) is 39.8 Å². The van der Waals surface area contributed by atoms with Crippen molar-refractivity contribution >= 4 is 27.5 Å². The standard InChI is InChI=1S/C21H30ClN3O3S/c1-15(2)12-24-13-18-19(14-24)21(23(3)20(18)26)8-10-25(11-9-21)29(27,28)17-6-4-16(22)5-7-17/h4-7,15,18-19H,8-14H2,1-3H3/t18-,19+/m0/s1. The van der Waals surface area contributed by atoms with Crippen LogP contribution in [0.25, 0.3) is 0 Å². The summed E-state index contributed by atoms with van der Waals surface area (Å²) in [5.74, 6) is 1.15. The lowest BCUT2D eigenvalue weighted by Gasteiger charge is -2.46. The molecule has 3 saturated heterocycles. The van der Waals surface area contributed by atoms with Gasteiger partial charge in [0.1, 0.15) is 0 Å². The van der Waals surface area contributed by atoms with Gasteiger partial charge in [0, 0.05) is 56.3 Å². The zero-order chi connectivity index (χ0) is 21.0. The molecule has 0 saturated carbocycles. The fourth-order valence-corrected chi connectivity index (χ4v) is 7.21. The minimum Gasteiger partial charge on any atom is -0.339 e. The van der Waals surface area contributed by atoms with E-state index in [9.17, 15) is 13.2 Å². The number of halogens is 1. The fraction of sp³-hybridized carbons (Fsp3) is 0.667. The highest BCUT2D eigenvalue weighted by Crippen LogP contribution is 2.49. The van der Waals surface area contributed by atoms with E-state index in [-0.39, 0.29) is 22.3 Å². The van der Waals surface area contributed by atoms with Crippen LogP contribution < -0.4 is 0 Å². The first-order valence-electron chi connectivity index (χ1n) is 10.4. The van der Waals surface area contributed by atoms with Crippen LogP contribution in [0.4, 0.5) is 0 Å². The largest absolute Gasteiger partial charge is 0.339 e. The molecule has 8 heteroatoms. The van der Waals surface area contributed by atoms with Crippen LogP contribution in [0.3, 0.4) is 0 Å². The summed E-state index contributed by atoms with van der Waals surface area (Å²) in [5, 5.41) is 0.519. The van der Waals surface area contributed by atoms with Gasteiger partial charge in [-0.1, -0.05) is 25.4 Å². The van der Waals surface area contributed by atoms with Gasteiger partial charge < -0.3 is 9.80 Å². The Labute approximate surface area is 178 Å². The SMILES string of the molecule is CC(C)CN1C[C@@H]2C(=O)N(C)C3(CCN(S(=O)(=O)c4ccc(Cl)cc4)CC3)[C@@H]2C1. The molecule has 0 bridgehead atoms. The van der Waals surface area contributed by atoms with Gasteiger partial charge in [-0.25, -0.2) is 8.42 Å². The second kappa shape index (κ2) is 7.52. The number of carbonyl (C=O) groups excluding carboxylic acids is 1. The Morgan fingerprint density at radius 1 is 1.14 bits per heavy atom. The number of sulfonamides is 1. The third-order valence-electron chi connectivity index (χ3n) is 7.06. The number of benzene rings is 1. The molecule has 1 aromatic rings. The molecule has 0 N–H and O–H groups in total. The van der Waals surface area contributed by atoms with Crippen molar-refractivity contribution < 1.29 is 13.2 Å². The number of piperidine rings is 1. The van der Waals surface area contributed by atoms with Crippen molar-refractivity contribution in [2.24, 2.45) is 17.8 Å². The number of amides is 1. The van der Waals surface area contributed by atoms with E-state index in [0.29, 0.717) is 42.8 Å². The Morgan fingerprint density at radius 2 is 1.76 bits per heavy atom. The molecule has 3 heterocycles. The van der Waals surface area contributed by atoms with Crippen LogP contribution in [0.2, 0.25) is 5.02 Å². The Kier molecular flexibility index (Phi) is 5.47. The normalized spacial score (nSPS) is 27.9. The van der Waals surface area contributed by atoms with Crippen molar-refractivity contribution in [2.45, 2.75) is 37.1 Å². The number of nitrogens with zero attached hydrogens (tertiary/aromatic N) is 3. The second-order valence-corrected chi connectivity index (χ2v) is 11.6. The van der Waals surface area contributed by atoms with Crippen LogP contribution in [0.5, 0.6) is 0 Å². The first-order chi connectivity index (χ1) is 13.6. The summed E-state index contributed by atoms with van der Waals surface area (Å²) in [7, 11) is -1.63. The molecular formula is C21H30ClN3O3S. The van der Waals surface area contributed by atoms with Crippen LogP contribution in [0.15, 0.2) is 29.2 Å². The molecule has 29 heavy (non-hydrogen) atoms. The van der Waals surface area contributed by atoms with Gasteiger partial charge in [0.2, 0.25) is 15.9 Å². The monoisotopic (exact) mass is 439 g/mol. The Bertz CT molecular complexity index is 879. The lowest BCUT2D eigenvalue weighted by atomic mass is 9.75. The average molecular weight is 440 g/mol. The van der Waals surface area contributed by atoms with E-state index < -0.39 is 10.0 Å². The van der Waals surface area contributed by atoms with E-state index in [1.807, 2.05) is 11.9 Å². The Balaban J connectivity index is 1.51. The zero-order valence-electron chi connectivity index (χ0n) is 17.3. The van der Waals surface area contributed by atoms with Crippen LogP contribution in [-0.2, 0) is 14.8 Å². The van der Waals surface area contributed by atoms with E-state index in [1.165, 1.54) is 0 Å². The van der Waals surface area contributed by atoms with Crippen molar-refractivity contribution in [1.29, 1.82) is 0 Å². The predicted molar refractivity (Wildman–Crippen MR) is 113 cm³/mol. The third-order valence-corrected chi connectivity index (χ3v) is 9.23. The van der Waals surface area contributed by atoms with Crippen molar-refractivity contribution in [3.05, 3.63) is 29.3 Å². The molecule has 3 aliphatic rings. The summed E-state index contributed by atoms with van der Waals surface area (Å²) in [6.45, 7) is 8.07. The number of carbonyl (C=O) groups is 1. The lowest BCUT2D eigenvalue weighted by Crippen LogP contribution is -2.56. The highest BCUT2D eigenvalue weighted by Gasteiger charge is 2.60. The van der Waals surface area contributed by atoms with Gasteiger partial charge in [-0.05, 0) is 43.0 Å². The quantitative estimate of drug-likeness (QED) is 0.723. The Hall–Kier alpha value is -1.15. The van der Waals surface area contributed by atoms with Gasteiger partial charge in [0.05, 0.1) is 10.8 Å². The van der Waals surface area contributed by atoms with Gasteiger partial charge in [-0.3, -0.25) is 4.79 Å². The number of likely N-dealkylation sites (tertiary alicyclic amines) is 2. The molecule has 0 aliphatic carbocycles. The second-order valence-electron chi connectivity index (χ2n) is 9.18. The molecule has 3 fully saturated rings. The van der Waals surface area contributed by atoms with Crippen molar-refractivity contribution in [3.8, 4) is 0 Å². The molecular weight excluding hydrogens is 410 g/mol. The molecule has 160 valence electrons. The van der Waals surface area contributed by atoms with Gasteiger partial charge in [0.15, 0.2) is 0 Å². The summed E-state index contributed by atoms with van der Waals surface area (Å²) in [6.07, 6.45) is 1.39. The van der Waals surface area contributed by atoms with Gasteiger partial charge in [0.25, 0.3) is 0 Å². The fourth-order valence-electron chi connectivity index (χ4n) is 5.64. The smallest absolute Gasteiger partial charge is 0.243 e. The third kappa shape index (κ3) is 3.50. The van der Waals surface area contributed by atoms with Crippen molar-refractivity contribution in [1.82, 2.24) is 14.1 Å². The summed E-state index contributed by atoms with van der Waals surface area (Å²) >= 11 is 5.90. The summed E-state index contributed by atoms with van der Waals surface area (Å²) < 4.78 is 27.6. The molecule has 1 amide bonds. The van der Waals surface area contributed by atoms with Crippen LogP contribution in [-0.4, -0.2) is 73.7 Å². The molecule has 0 unspecified atom stereocenters. The zero-order valence-corrected chi connectivity index (χ0v) is 18.9. The topological polar surface area (TPSA) is 60.9 Å². The molecule has 0 radical (unpaired) electrons. The van der Waals surface area contributed by atoms with Gasteiger partial charge in [-0.15, -0.1) is 0 Å². The summed E-state index contributed by atoms with van der Waals surface area (Å²) in [4.78, 5) is 17.6. The molecule has 6 nitrogen and oxygen atoms in total. The minimum absolute atomic E-state index is 0.0539. The number of hydrogen-bond acceptors (Lipinski definition) is 4. The minimum atomic E-state index is -3.54. The first kappa shape index (κ1) is 21.1. The average Bonchev–Trinajstić information content (AvgIpc) is 3.17. The number of fused-ring (bicyclic) bond motifs is 2. The van der Waals surface area contributed by atoms with E-state index in [2.05, 4.69) is 18.7 Å². The molecule has 1 spiro atoms. The molecule has 0 aromatic heterocycles. The van der Waals surface area contributed by atoms with E-state index in [4.69, 9.17) is 11.6 Å². The first-order valence-corrected chi connectivity index (χ1v) is 12.2.